The first-order valence-corrected chi connectivity index (χ1v) is 12.7. The first-order valence-electron chi connectivity index (χ1n) is 11.3. The van der Waals surface area contributed by atoms with Gasteiger partial charge in [0.1, 0.15) is 0 Å². The fourth-order valence-electron chi connectivity index (χ4n) is 5.15. The van der Waals surface area contributed by atoms with Crippen molar-refractivity contribution < 1.29 is 8.42 Å². The molecule has 5 rings (SSSR count). The van der Waals surface area contributed by atoms with Gasteiger partial charge < -0.3 is 0 Å². The molecule has 0 amide bonds. The number of rotatable bonds is 4. The van der Waals surface area contributed by atoms with Crippen molar-refractivity contribution in [3.8, 4) is 11.1 Å². The van der Waals surface area contributed by atoms with Crippen LogP contribution in [-0.2, 0) is 23.2 Å². The summed E-state index contributed by atoms with van der Waals surface area (Å²) in [6, 6.07) is 15.5. The van der Waals surface area contributed by atoms with Gasteiger partial charge >= 0.3 is 0 Å². The lowest BCUT2D eigenvalue weighted by atomic mass is 10.0. The second-order valence-corrected chi connectivity index (χ2v) is 10.8. The normalized spacial score (nSPS) is 21.2. The van der Waals surface area contributed by atoms with Gasteiger partial charge in [-0.05, 0) is 60.0 Å². The van der Waals surface area contributed by atoms with Crippen LogP contribution in [0.2, 0.25) is 0 Å². The minimum atomic E-state index is -3.30. The molecular weight excluding hydrogens is 394 g/mol. The highest BCUT2D eigenvalue weighted by Gasteiger charge is 2.31. The molecule has 2 saturated heterocycles. The van der Waals surface area contributed by atoms with Gasteiger partial charge in [0.25, 0.3) is 10.2 Å². The fourth-order valence-corrected chi connectivity index (χ4v) is 6.87. The number of piperidine rings is 1. The average molecular weight is 426 g/mol. The molecule has 3 aliphatic rings. The molecule has 6 heteroatoms. The van der Waals surface area contributed by atoms with E-state index in [0.29, 0.717) is 26.2 Å². The highest BCUT2D eigenvalue weighted by Crippen LogP contribution is 2.36. The Balaban J connectivity index is 1.24. The van der Waals surface area contributed by atoms with E-state index in [1.807, 2.05) is 0 Å². The van der Waals surface area contributed by atoms with E-state index < -0.39 is 10.2 Å². The van der Waals surface area contributed by atoms with Crippen molar-refractivity contribution in [1.29, 1.82) is 0 Å². The molecule has 0 atom stereocenters. The molecule has 2 aromatic carbocycles. The Morgan fingerprint density at radius 3 is 2.30 bits per heavy atom. The zero-order valence-electron chi connectivity index (χ0n) is 17.6. The second kappa shape index (κ2) is 8.42. The van der Waals surface area contributed by atoms with Gasteiger partial charge in [-0.25, -0.2) is 0 Å². The molecule has 0 saturated carbocycles. The molecule has 0 bridgehead atoms. The zero-order chi connectivity index (χ0) is 20.6. The maximum atomic E-state index is 13.0. The lowest BCUT2D eigenvalue weighted by Crippen LogP contribution is -2.47. The second-order valence-electron chi connectivity index (χ2n) is 8.82. The average Bonchev–Trinajstić information content (AvgIpc) is 2.96. The monoisotopic (exact) mass is 425 g/mol. The topological polar surface area (TPSA) is 43.9 Å². The van der Waals surface area contributed by atoms with E-state index in [-0.39, 0.29) is 0 Å². The van der Waals surface area contributed by atoms with Gasteiger partial charge in [0.2, 0.25) is 0 Å². The Labute approximate surface area is 180 Å². The third-order valence-corrected chi connectivity index (χ3v) is 8.81. The van der Waals surface area contributed by atoms with E-state index in [4.69, 9.17) is 0 Å². The van der Waals surface area contributed by atoms with Crippen molar-refractivity contribution in [2.24, 2.45) is 0 Å². The molecule has 30 heavy (non-hydrogen) atoms. The number of benzene rings is 2. The third kappa shape index (κ3) is 3.94. The molecule has 0 aromatic heterocycles. The van der Waals surface area contributed by atoms with E-state index in [2.05, 4.69) is 47.4 Å². The zero-order valence-corrected chi connectivity index (χ0v) is 18.4. The van der Waals surface area contributed by atoms with Crippen molar-refractivity contribution in [3.05, 3.63) is 59.2 Å². The quantitative estimate of drug-likeness (QED) is 0.643. The van der Waals surface area contributed by atoms with Gasteiger partial charge in [0, 0.05) is 39.3 Å². The molecule has 2 fully saturated rings. The molecule has 0 radical (unpaired) electrons. The van der Waals surface area contributed by atoms with Crippen molar-refractivity contribution in [2.75, 3.05) is 39.3 Å². The van der Waals surface area contributed by atoms with E-state index in [1.165, 1.54) is 27.8 Å². The molecule has 0 unspecified atom stereocenters. The van der Waals surface area contributed by atoms with Crippen molar-refractivity contribution >= 4 is 10.2 Å². The number of hydrogen-bond acceptors (Lipinski definition) is 3. The summed E-state index contributed by atoms with van der Waals surface area (Å²) in [5.41, 5.74) is 6.89. The van der Waals surface area contributed by atoms with Crippen molar-refractivity contribution in [2.45, 2.75) is 38.6 Å². The predicted molar refractivity (Wildman–Crippen MR) is 120 cm³/mol. The van der Waals surface area contributed by atoms with Gasteiger partial charge in [0.05, 0.1) is 0 Å². The highest BCUT2D eigenvalue weighted by molar-refractivity contribution is 7.86. The summed E-state index contributed by atoms with van der Waals surface area (Å²) < 4.78 is 29.5. The van der Waals surface area contributed by atoms with Crippen LogP contribution in [0.1, 0.15) is 42.4 Å². The van der Waals surface area contributed by atoms with Gasteiger partial charge in [-0.1, -0.05) is 48.9 Å². The summed E-state index contributed by atoms with van der Waals surface area (Å²) in [6.45, 7) is 5.22. The van der Waals surface area contributed by atoms with Crippen LogP contribution in [0, 0.1) is 0 Å². The lowest BCUT2D eigenvalue weighted by Gasteiger charge is -2.31. The number of fused-ring (bicyclic) bond motifs is 3. The van der Waals surface area contributed by atoms with Gasteiger partial charge in [-0.2, -0.15) is 17.0 Å². The van der Waals surface area contributed by atoms with Crippen LogP contribution < -0.4 is 0 Å². The Hall–Kier alpha value is -1.73. The van der Waals surface area contributed by atoms with Crippen molar-refractivity contribution in [3.63, 3.8) is 0 Å². The Bertz CT molecular complexity index is 1010. The summed E-state index contributed by atoms with van der Waals surface area (Å²) in [4.78, 5) is 2.41. The number of hydrogen-bond donors (Lipinski definition) is 0. The van der Waals surface area contributed by atoms with Crippen LogP contribution in [0.4, 0.5) is 0 Å². The Kier molecular flexibility index (Phi) is 5.67. The summed E-state index contributed by atoms with van der Waals surface area (Å²) in [5.74, 6) is 0. The molecular formula is C24H31N3O2S. The number of nitrogens with zero attached hydrogens (tertiary/aromatic N) is 3. The SMILES string of the molecule is O=S(=O)(N1CCCCC1)N1CCCN(Cc2ccc3c(c2)Cc2ccccc2-3)CC1. The summed E-state index contributed by atoms with van der Waals surface area (Å²) in [7, 11) is -3.30. The van der Waals surface area contributed by atoms with Crippen LogP contribution in [0.15, 0.2) is 42.5 Å². The van der Waals surface area contributed by atoms with E-state index in [9.17, 15) is 8.42 Å². The van der Waals surface area contributed by atoms with Gasteiger partial charge in [0.15, 0.2) is 0 Å². The van der Waals surface area contributed by atoms with Crippen molar-refractivity contribution in [1.82, 2.24) is 13.5 Å². The first kappa shape index (κ1) is 20.2. The van der Waals surface area contributed by atoms with Gasteiger partial charge in [-0.15, -0.1) is 0 Å². The maximum absolute atomic E-state index is 13.0. The molecule has 5 nitrogen and oxygen atoms in total. The van der Waals surface area contributed by atoms with Crippen LogP contribution in [-0.4, -0.2) is 61.2 Å². The molecule has 2 aromatic rings. The van der Waals surface area contributed by atoms with E-state index in [1.54, 1.807) is 8.61 Å². The van der Waals surface area contributed by atoms with Crippen LogP contribution in [0.25, 0.3) is 11.1 Å². The first-order chi connectivity index (χ1) is 14.6. The molecule has 2 aliphatic heterocycles. The lowest BCUT2D eigenvalue weighted by molar-refractivity contribution is 0.272. The van der Waals surface area contributed by atoms with Crippen LogP contribution >= 0.6 is 0 Å². The van der Waals surface area contributed by atoms with Crippen LogP contribution in [0.3, 0.4) is 0 Å². The third-order valence-electron chi connectivity index (χ3n) is 6.78. The highest BCUT2D eigenvalue weighted by atomic mass is 32.2. The summed E-state index contributed by atoms with van der Waals surface area (Å²) >= 11 is 0. The molecule has 1 aliphatic carbocycles. The standard InChI is InChI=1S/C24H31N3O2S/c28-30(29,26-12-4-1-5-13-26)27-14-6-11-25(15-16-27)19-20-9-10-24-22(17-20)18-21-7-2-3-8-23(21)24/h2-3,7-10,17H,1,4-6,11-16,18-19H2. The smallest absolute Gasteiger partial charge is 0.282 e. The maximum Gasteiger partial charge on any atom is 0.282 e. The minimum Gasteiger partial charge on any atom is -0.298 e. The van der Waals surface area contributed by atoms with Crippen LogP contribution in [0.5, 0.6) is 0 Å². The summed E-state index contributed by atoms with van der Waals surface area (Å²) in [6.07, 6.45) is 5.03. The molecule has 0 spiro atoms. The molecule has 160 valence electrons. The van der Waals surface area contributed by atoms with E-state index >= 15 is 0 Å². The predicted octanol–water partition coefficient (Wildman–Crippen LogP) is 3.50. The summed E-state index contributed by atoms with van der Waals surface area (Å²) in [5, 5.41) is 0. The Morgan fingerprint density at radius 1 is 0.700 bits per heavy atom. The minimum absolute atomic E-state index is 0.592. The van der Waals surface area contributed by atoms with Gasteiger partial charge in [-0.3, -0.25) is 4.90 Å². The fraction of sp³-hybridized carbons (Fsp3) is 0.500. The Morgan fingerprint density at radius 2 is 1.43 bits per heavy atom. The largest absolute Gasteiger partial charge is 0.298 e. The molecule has 0 N–H and O–H groups in total. The van der Waals surface area contributed by atoms with E-state index in [0.717, 1.165) is 51.7 Å². The molecule has 2 heterocycles.